The van der Waals surface area contributed by atoms with Crippen LogP contribution in [0.25, 0.3) is 0 Å². The predicted octanol–water partition coefficient (Wildman–Crippen LogP) is 2.77. The minimum atomic E-state index is -0.279. The SMILES string of the molecule is COc1ccc(C(O)C2CC3CC3C2)cc1. The summed E-state index contributed by atoms with van der Waals surface area (Å²) in [4.78, 5) is 0. The molecule has 2 nitrogen and oxygen atoms in total. The van der Waals surface area contributed by atoms with Crippen molar-refractivity contribution in [3.8, 4) is 5.75 Å². The fraction of sp³-hybridized carbons (Fsp3) is 0.571. The Kier molecular flexibility index (Phi) is 2.40. The van der Waals surface area contributed by atoms with Crippen molar-refractivity contribution in [1.82, 2.24) is 0 Å². The maximum absolute atomic E-state index is 10.3. The number of hydrogen-bond acceptors (Lipinski definition) is 2. The number of benzene rings is 1. The maximum Gasteiger partial charge on any atom is 0.118 e. The van der Waals surface area contributed by atoms with Gasteiger partial charge in [-0.15, -0.1) is 0 Å². The van der Waals surface area contributed by atoms with Crippen molar-refractivity contribution in [2.75, 3.05) is 7.11 Å². The molecule has 2 aliphatic carbocycles. The standard InChI is InChI=1S/C14H18O2/c1-16-13-4-2-9(3-5-13)14(15)12-7-10-6-11(10)8-12/h2-5,10-12,14-15H,6-8H2,1H3. The summed E-state index contributed by atoms with van der Waals surface area (Å²) in [5.74, 6) is 3.19. The molecule has 1 aromatic rings. The molecule has 2 saturated carbocycles. The fourth-order valence-corrected chi connectivity index (χ4v) is 3.09. The lowest BCUT2D eigenvalue weighted by Crippen LogP contribution is -2.10. The van der Waals surface area contributed by atoms with E-state index >= 15 is 0 Å². The summed E-state index contributed by atoms with van der Waals surface area (Å²) in [5, 5.41) is 10.3. The predicted molar refractivity (Wildman–Crippen MR) is 62.3 cm³/mol. The van der Waals surface area contributed by atoms with Gasteiger partial charge in [-0.3, -0.25) is 0 Å². The van der Waals surface area contributed by atoms with Gasteiger partial charge in [-0.25, -0.2) is 0 Å². The van der Waals surface area contributed by atoms with Crippen molar-refractivity contribution >= 4 is 0 Å². The minimum Gasteiger partial charge on any atom is -0.497 e. The third-order valence-electron chi connectivity index (χ3n) is 4.18. The topological polar surface area (TPSA) is 29.5 Å². The summed E-state index contributed by atoms with van der Waals surface area (Å²) in [7, 11) is 1.66. The van der Waals surface area contributed by atoms with Crippen molar-refractivity contribution in [2.45, 2.75) is 25.4 Å². The molecule has 2 aliphatic rings. The highest BCUT2D eigenvalue weighted by Gasteiger charge is 2.47. The number of fused-ring (bicyclic) bond motifs is 1. The second-order valence-electron chi connectivity index (χ2n) is 5.21. The fourth-order valence-electron chi connectivity index (χ4n) is 3.09. The van der Waals surface area contributed by atoms with Crippen LogP contribution in [0.3, 0.4) is 0 Å². The molecule has 0 amide bonds. The van der Waals surface area contributed by atoms with Crippen LogP contribution in [0.4, 0.5) is 0 Å². The van der Waals surface area contributed by atoms with E-state index in [0.29, 0.717) is 5.92 Å². The first-order valence-electron chi connectivity index (χ1n) is 6.10. The van der Waals surface area contributed by atoms with E-state index < -0.39 is 0 Å². The van der Waals surface area contributed by atoms with Gasteiger partial charge in [0.15, 0.2) is 0 Å². The average molecular weight is 218 g/mol. The summed E-state index contributed by atoms with van der Waals surface area (Å²) in [6.07, 6.45) is 3.57. The van der Waals surface area contributed by atoms with Gasteiger partial charge < -0.3 is 9.84 Å². The molecule has 0 radical (unpaired) electrons. The summed E-state index contributed by atoms with van der Waals surface area (Å²) >= 11 is 0. The number of rotatable bonds is 3. The van der Waals surface area contributed by atoms with Crippen molar-refractivity contribution in [3.05, 3.63) is 29.8 Å². The maximum atomic E-state index is 10.3. The van der Waals surface area contributed by atoms with Crippen LogP contribution in [0.5, 0.6) is 5.75 Å². The molecule has 3 unspecified atom stereocenters. The Morgan fingerprint density at radius 3 is 2.31 bits per heavy atom. The van der Waals surface area contributed by atoms with Gasteiger partial charge in [0.1, 0.15) is 5.75 Å². The summed E-state index contributed by atoms with van der Waals surface area (Å²) in [6, 6.07) is 7.81. The second-order valence-corrected chi connectivity index (χ2v) is 5.21. The second kappa shape index (κ2) is 3.77. The first-order valence-corrected chi connectivity index (χ1v) is 6.10. The first kappa shape index (κ1) is 10.2. The molecule has 3 atom stereocenters. The molecule has 86 valence electrons. The molecule has 0 saturated heterocycles. The van der Waals surface area contributed by atoms with Gasteiger partial charge in [0.05, 0.1) is 13.2 Å². The minimum absolute atomic E-state index is 0.279. The number of aliphatic hydroxyl groups excluding tert-OH is 1. The van der Waals surface area contributed by atoms with E-state index in [2.05, 4.69) is 0 Å². The number of methoxy groups -OCH3 is 1. The third-order valence-corrected chi connectivity index (χ3v) is 4.18. The molecule has 2 heteroatoms. The van der Waals surface area contributed by atoms with Gasteiger partial charge in [0.25, 0.3) is 0 Å². The zero-order valence-corrected chi connectivity index (χ0v) is 9.60. The lowest BCUT2D eigenvalue weighted by molar-refractivity contribution is 0.104. The van der Waals surface area contributed by atoms with Crippen molar-refractivity contribution < 1.29 is 9.84 Å². The van der Waals surface area contributed by atoms with Gasteiger partial charge in [-0.1, -0.05) is 12.1 Å². The molecule has 0 bridgehead atoms. The van der Waals surface area contributed by atoms with Gasteiger partial charge in [-0.05, 0) is 54.7 Å². The van der Waals surface area contributed by atoms with Gasteiger partial charge in [-0.2, -0.15) is 0 Å². The van der Waals surface area contributed by atoms with E-state index in [0.717, 1.165) is 23.1 Å². The van der Waals surface area contributed by atoms with E-state index in [1.807, 2.05) is 24.3 Å². The van der Waals surface area contributed by atoms with Gasteiger partial charge in [0, 0.05) is 0 Å². The average Bonchev–Trinajstić information content (AvgIpc) is 2.95. The van der Waals surface area contributed by atoms with Crippen molar-refractivity contribution in [1.29, 1.82) is 0 Å². The lowest BCUT2D eigenvalue weighted by Gasteiger charge is -2.19. The van der Waals surface area contributed by atoms with Crippen LogP contribution in [0.15, 0.2) is 24.3 Å². The normalized spacial score (nSPS) is 33.2. The third kappa shape index (κ3) is 1.71. The van der Waals surface area contributed by atoms with Gasteiger partial charge >= 0.3 is 0 Å². The molecule has 16 heavy (non-hydrogen) atoms. The molecular formula is C14H18O2. The van der Waals surface area contributed by atoms with E-state index in [1.165, 1.54) is 19.3 Å². The molecular weight excluding hydrogens is 200 g/mol. The molecule has 0 heterocycles. The van der Waals surface area contributed by atoms with E-state index in [4.69, 9.17) is 4.74 Å². The Labute approximate surface area is 96.2 Å². The summed E-state index contributed by atoms with van der Waals surface area (Å²) in [5.41, 5.74) is 1.03. The molecule has 0 spiro atoms. The zero-order chi connectivity index (χ0) is 11.1. The van der Waals surface area contributed by atoms with E-state index in [1.54, 1.807) is 7.11 Å². The van der Waals surface area contributed by atoms with Crippen LogP contribution in [-0.2, 0) is 0 Å². The number of ether oxygens (including phenoxy) is 1. The highest BCUT2D eigenvalue weighted by atomic mass is 16.5. The Bertz CT molecular complexity index is 361. The van der Waals surface area contributed by atoms with Crippen LogP contribution < -0.4 is 4.74 Å². The zero-order valence-electron chi connectivity index (χ0n) is 9.60. The first-order chi connectivity index (χ1) is 7.78. The lowest BCUT2D eigenvalue weighted by atomic mass is 9.92. The molecule has 2 fully saturated rings. The summed E-state index contributed by atoms with van der Waals surface area (Å²) in [6.45, 7) is 0. The highest BCUT2D eigenvalue weighted by Crippen LogP contribution is 2.57. The Morgan fingerprint density at radius 1 is 1.12 bits per heavy atom. The molecule has 1 aromatic carbocycles. The van der Waals surface area contributed by atoms with Crippen LogP contribution >= 0.6 is 0 Å². The van der Waals surface area contributed by atoms with Crippen LogP contribution in [-0.4, -0.2) is 12.2 Å². The van der Waals surface area contributed by atoms with Crippen molar-refractivity contribution in [2.24, 2.45) is 17.8 Å². The monoisotopic (exact) mass is 218 g/mol. The Balaban J connectivity index is 1.70. The largest absolute Gasteiger partial charge is 0.497 e. The molecule has 0 aromatic heterocycles. The van der Waals surface area contributed by atoms with E-state index in [-0.39, 0.29) is 6.10 Å². The number of hydrogen-bond donors (Lipinski definition) is 1. The molecule has 3 rings (SSSR count). The molecule has 1 N–H and O–H groups in total. The number of aliphatic hydroxyl groups is 1. The summed E-state index contributed by atoms with van der Waals surface area (Å²) < 4.78 is 5.12. The Hall–Kier alpha value is -1.02. The van der Waals surface area contributed by atoms with Crippen LogP contribution in [0, 0.1) is 17.8 Å². The van der Waals surface area contributed by atoms with Gasteiger partial charge in [0.2, 0.25) is 0 Å². The van der Waals surface area contributed by atoms with Crippen LogP contribution in [0.1, 0.15) is 30.9 Å². The van der Waals surface area contributed by atoms with Crippen LogP contribution in [0.2, 0.25) is 0 Å². The quantitative estimate of drug-likeness (QED) is 0.845. The highest BCUT2D eigenvalue weighted by molar-refractivity contribution is 5.29. The Morgan fingerprint density at radius 2 is 1.75 bits per heavy atom. The smallest absolute Gasteiger partial charge is 0.118 e. The van der Waals surface area contributed by atoms with E-state index in [9.17, 15) is 5.11 Å². The molecule has 0 aliphatic heterocycles. The van der Waals surface area contributed by atoms with Crippen molar-refractivity contribution in [3.63, 3.8) is 0 Å².